The van der Waals surface area contributed by atoms with Gasteiger partial charge in [0.15, 0.2) is 0 Å². The zero-order valence-corrected chi connectivity index (χ0v) is 20.3. The lowest BCUT2D eigenvalue weighted by Crippen LogP contribution is -2.30. The van der Waals surface area contributed by atoms with Crippen molar-refractivity contribution >= 4 is 5.78 Å². The second-order valence-corrected chi connectivity index (χ2v) is 11.5. The standard InChI is InChI=1S/C25H50O2/c1-11-21(19-23(4,5)6)13-12-14-22(26)24(7,8)17-18-27-25(9,10)16-15-20(2)3/h20-21H,11-19H2,1-10H3. The molecule has 1 atom stereocenters. The van der Waals surface area contributed by atoms with Crippen LogP contribution in [0.15, 0.2) is 0 Å². The van der Waals surface area contributed by atoms with E-state index >= 15 is 0 Å². The topological polar surface area (TPSA) is 26.3 Å². The van der Waals surface area contributed by atoms with E-state index in [9.17, 15) is 4.79 Å². The van der Waals surface area contributed by atoms with E-state index in [2.05, 4.69) is 69.2 Å². The lowest BCUT2D eigenvalue weighted by atomic mass is 9.79. The molecule has 0 bridgehead atoms. The van der Waals surface area contributed by atoms with Gasteiger partial charge in [0.1, 0.15) is 5.78 Å². The van der Waals surface area contributed by atoms with Crippen molar-refractivity contribution in [3.05, 3.63) is 0 Å². The van der Waals surface area contributed by atoms with Crippen LogP contribution in [0.3, 0.4) is 0 Å². The Bertz CT molecular complexity index is 413. The molecular formula is C25H50O2. The van der Waals surface area contributed by atoms with Gasteiger partial charge in [0.25, 0.3) is 0 Å². The van der Waals surface area contributed by atoms with Crippen LogP contribution in [0.5, 0.6) is 0 Å². The van der Waals surface area contributed by atoms with Gasteiger partial charge in [0.05, 0.1) is 5.60 Å². The lowest BCUT2D eigenvalue weighted by molar-refractivity contribution is -0.129. The van der Waals surface area contributed by atoms with Gasteiger partial charge in [-0.3, -0.25) is 4.79 Å². The molecule has 1 unspecified atom stereocenters. The van der Waals surface area contributed by atoms with E-state index in [1.165, 1.54) is 25.7 Å². The number of rotatable bonds is 14. The highest BCUT2D eigenvalue weighted by atomic mass is 16.5. The maximum atomic E-state index is 12.7. The summed E-state index contributed by atoms with van der Waals surface area (Å²) in [4.78, 5) is 12.7. The fourth-order valence-corrected chi connectivity index (χ4v) is 3.64. The van der Waals surface area contributed by atoms with E-state index in [4.69, 9.17) is 4.74 Å². The molecule has 0 fully saturated rings. The van der Waals surface area contributed by atoms with Crippen LogP contribution in [-0.2, 0) is 9.53 Å². The van der Waals surface area contributed by atoms with Gasteiger partial charge in [-0.2, -0.15) is 0 Å². The van der Waals surface area contributed by atoms with Gasteiger partial charge < -0.3 is 4.74 Å². The number of ether oxygens (including phenoxy) is 1. The van der Waals surface area contributed by atoms with Crippen molar-refractivity contribution in [3.63, 3.8) is 0 Å². The third-order valence-corrected chi connectivity index (χ3v) is 5.79. The SMILES string of the molecule is CCC(CCCC(=O)C(C)(C)CCOC(C)(C)CCC(C)C)CC(C)(C)C. The minimum atomic E-state index is -0.278. The van der Waals surface area contributed by atoms with Gasteiger partial charge in [-0.05, 0) is 63.2 Å². The van der Waals surface area contributed by atoms with Crippen molar-refractivity contribution in [1.29, 1.82) is 0 Å². The Balaban J connectivity index is 4.29. The van der Waals surface area contributed by atoms with E-state index in [1.807, 2.05) is 0 Å². The van der Waals surface area contributed by atoms with Gasteiger partial charge in [-0.1, -0.05) is 68.2 Å². The maximum absolute atomic E-state index is 12.7. The monoisotopic (exact) mass is 382 g/mol. The molecule has 0 heterocycles. The zero-order chi connectivity index (χ0) is 21.3. The smallest absolute Gasteiger partial charge is 0.138 e. The minimum Gasteiger partial charge on any atom is -0.376 e. The highest BCUT2D eigenvalue weighted by Crippen LogP contribution is 2.31. The fraction of sp³-hybridized carbons (Fsp3) is 0.960. The molecule has 0 N–H and O–H groups in total. The number of ketones is 1. The summed E-state index contributed by atoms with van der Waals surface area (Å²) >= 11 is 0. The van der Waals surface area contributed by atoms with Gasteiger partial charge >= 0.3 is 0 Å². The molecule has 0 aromatic heterocycles. The molecule has 0 amide bonds. The molecule has 2 heteroatoms. The Morgan fingerprint density at radius 3 is 2.00 bits per heavy atom. The molecule has 0 saturated carbocycles. The van der Waals surface area contributed by atoms with Crippen LogP contribution < -0.4 is 0 Å². The van der Waals surface area contributed by atoms with Crippen molar-refractivity contribution in [1.82, 2.24) is 0 Å². The molecule has 162 valence electrons. The molecular weight excluding hydrogens is 332 g/mol. The fourth-order valence-electron chi connectivity index (χ4n) is 3.64. The molecule has 27 heavy (non-hydrogen) atoms. The van der Waals surface area contributed by atoms with Crippen molar-refractivity contribution in [2.24, 2.45) is 22.7 Å². The summed E-state index contributed by atoms with van der Waals surface area (Å²) in [6.07, 6.45) is 8.45. The van der Waals surface area contributed by atoms with Gasteiger partial charge in [0.2, 0.25) is 0 Å². The van der Waals surface area contributed by atoms with Crippen LogP contribution in [0, 0.1) is 22.7 Å². The molecule has 0 rings (SSSR count). The van der Waals surface area contributed by atoms with E-state index in [1.54, 1.807) is 0 Å². The molecule has 2 nitrogen and oxygen atoms in total. The molecule has 0 aliphatic rings. The highest BCUT2D eigenvalue weighted by Gasteiger charge is 2.28. The Labute approximate surface area is 171 Å². The van der Waals surface area contributed by atoms with Crippen LogP contribution in [0.1, 0.15) is 121 Å². The van der Waals surface area contributed by atoms with E-state index in [0.29, 0.717) is 30.1 Å². The van der Waals surface area contributed by atoms with Crippen molar-refractivity contribution in [3.8, 4) is 0 Å². The second-order valence-electron chi connectivity index (χ2n) is 11.5. The highest BCUT2D eigenvalue weighted by molar-refractivity contribution is 5.83. The van der Waals surface area contributed by atoms with Crippen LogP contribution in [0.2, 0.25) is 0 Å². The van der Waals surface area contributed by atoms with Crippen LogP contribution >= 0.6 is 0 Å². The first-order valence-corrected chi connectivity index (χ1v) is 11.4. The Kier molecular flexibility index (Phi) is 11.4. The number of carbonyl (C=O) groups is 1. The summed E-state index contributed by atoms with van der Waals surface area (Å²) in [5.41, 5.74) is 0.00817. The number of hydrogen-bond donors (Lipinski definition) is 0. The lowest BCUT2D eigenvalue weighted by Gasteiger charge is -2.29. The minimum absolute atomic E-state index is 0.0926. The van der Waals surface area contributed by atoms with Crippen molar-refractivity contribution < 1.29 is 9.53 Å². The summed E-state index contributed by atoms with van der Waals surface area (Å²) in [5, 5.41) is 0. The summed E-state index contributed by atoms with van der Waals surface area (Å²) in [5.74, 6) is 1.85. The number of carbonyl (C=O) groups excluding carboxylic acids is 1. The summed E-state index contributed by atoms with van der Waals surface area (Å²) in [7, 11) is 0. The third kappa shape index (κ3) is 13.4. The predicted octanol–water partition coefficient (Wildman–Crippen LogP) is 7.84. The average molecular weight is 383 g/mol. The first kappa shape index (κ1) is 26.6. The molecule has 0 aliphatic heterocycles. The van der Waals surface area contributed by atoms with E-state index in [-0.39, 0.29) is 11.0 Å². The first-order chi connectivity index (χ1) is 12.2. The normalized spacial score (nSPS) is 14.6. The largest absolute Gasteiger partial charge is 0.376 e. The summed E-state index contributed by atoms with van der Waals surface area (Å²) < 4.78 is 6.13. The Hall–Kier alpha value is -0.370. The van der Waals surface area contributed by atoms with Gasteiger partial charge in [-0.15, -0.1) is 0 Å². The van der Waals surface area contributed by atoms with Gasteiger partial charge in [0, 0.05) is 18.4 Å². The molecule has 0 spiro atoms. The van der Waals surface area contributed by atoms with E-state index < -0.39 is 0 Å². The maximum Gasteiger partial charge on any atom is 0.138 e. The second kappa shape index (κ2) is 11.6. The third-order valence-electron chi connectivity index (χ3n) is 5.79. The summed E-state index contributed by atoms with van der Waals surface area (Å²) in [6, 6.07) is 0. The van der Waals surface area contributed by atoms with Crippen LogP contribution in [0.25, 0.3) is 0 Å². The molecule has 0 radical (unpaired) electrons. The number of hydrogen-bond acceptors (Lipinski definition) is 2. The van der Waals surface area contributed by atoms with Crippen LogP contribution in [-0.4, -0.2) is 18.0 Å². The average Bonchev–Trinajstić information content (AvgIpc) is 2.50. The van der Waals surface area contributed by atoms with Crippen LogP contribution in [0.4, 0.5) is 0 Å². The molecule has 0 aromatic carbocycles. The van der Waals surface area contributed by atoms with E-state index in [0.717, 1.165) is 25.2 Å². The van der Waals surface area contributed by atoms with Gasteiger partial charge in [-0.25, -0.2) is 0 Å². The number of Topliss-reactive ketones (excluding diaryl/α,β-unsaturated/α-hetero) is 1. The Morgan fingerprint density at radius 1 is 0.926 bits per heavy atom. The molecule has 0 aliphatic carbocycles. The summed E-state index contributed by atoms with van der Waals surface area (Å²) in [6.45, 7) is 22.9. The Morgan fingerprint density at radius 2 is 1.52 bits per heavy atom. The molecule has 0 saturated heterocycles. The predicted molar refractivity (Wildman–Crippen MR) is 119 cm³/mol. The molecule has 0 aromatic rings. The zero-order valence-electron chi connectivity index (χ0n) is 20.3. The van der Waals surface area contributed by atoms with Crippen molar-refractivity contribution in [2.75, 3.05) is 6.61 Å². The first-order valence-electron chi connectivity index (χ1n) is 11.4. The van der Waals surface area contributed by atoms with Crippen molar-refractivity contribution in [2.45, 2.75) is 126 Å². The quantitative estimate of drug-likeness (QED) is 0.306.